The minimum absolute atomic E-state index is 0.0915. The number of hydrogen-bond acceptors (Lipinski definition) is 5. The van der Waals surface area contributed by atoms with Crippen LogP contribution in [-0.4, -0.2) is 78.3 Å². The number of likely N-dealkylation sites (tertiary alicyclic amines) is 1. The number of ether oxygens (including phenoxy) is 1. The maximum absolute atomic E-state index is 11.0. The van der Waals surface area contributed by atoms with Gasteiger partial charge in [0.1, 0.15) is 12.4 Å². The molecule has 0 aromatic heterocycles. The molecule has 1 N–H and O–H groups in total. The first-order valence-corrected chi connectivity index (χ1v) is 12.9. The smallest absolute Gasteiger partial charge is 0.124 e. The van der Waals surface area contributed by atoms with Crippen molar-refractivity contribution in [3.8, 4) is 5.75 Å². The van der Waals surface area contributed by atoms with Gasteiger partial charge in [0.25, 0.3) is 0 Å². The lowest BCUT2D eigenvalue weighted by Gasteiger charge is -2.39. The number of likely N-dealkylation sites (N-methyl/N-ethyl adjacent to an activating group) is 1. The zero-order valence-corrected chi connectivity index (χ0v) is 21.5. The van der Waals surface area contributed by atoms with Gasteiger partial charge in [-0.15, -0.1) is 0 Å². The summed E-state index contributed by atoms with van der Waals surface area (Å²) in [6.45, 7) is 14.5. The van der Waals surface area contributed by atoms with Crippen molar-refractivity contribution < 1.29 is 9.84 Å². The van der Waals surface area contributed by atoms with Gasteiger partial charge < -0.3 is 14.7 Å². The Morgan fingerprint density at radius 1 is 0.912 bits per heavy atom. The SMILES string of the molecule is CN1CCN([C@H]2CCN(Cc3cc(C(C)(C)C)ccc3OCc3ccccc3)CC[C@@H]2O)CC1. The monoisotopic (exact) mass is 465 g/mol. The molecule has 4 rings (SSSR count). The zero-order valence-electron chi connectivity index (χ0n) is 21.5. The van der Waals surface area contributed by atoms with Crippen molar-refractivity contribution in [2.24, 2.45) is 0 Å². The molecule has 2 aromatic carbocycles. The van der Waals surface area contributed by atoms with Crippen LogP contribution in [0.4, 0.5) is 0 Å². The molecule has 0 radical (unpaired) electrons. The third kappa shape index (κ3) is 6.60. The number of nitrogens with zero attached hydrogens (tertiary/aromatic N) is 3. The van der Waals surface area contributed by atoms with Crippen LogP contribution in [0, 0.1) is 0 Å². The molecular weight excluding hydrogens is 422 g/mol. The molecule has 5 heteroatoms. The molecule has 2 aliphatic heterocycles. The van der Waals surface area contributed by atoms with Gasteiger partial charge in [-0.3, -0.25) is 9.80 Å². The van der Waals surface area contributed by atoms with Crippen molar-refractivity contribution >= 4 is 0 Å². The Kier molecular flexibility index (Phi) is 8.30. The second-order valence-corrected chi connectivity index (χ2v) is 11.2. The molecule has 0 saturated carbocycles. The highest BCUT2D eigenvalue weighted by Crippen LogP contribution is 2.30. The molecule has 0 amide bonds. The maximum atomic E-state index is 11.0. The number of aliphatic hydroxyl groups is 1. The molecule has 0 aliphatic carbocycles. The lowest BCUT2D eigenvalue weighted by molar-refractivity contribution is 0.0224. The molecule has 5 nitrogen and oxygen atoms in total. The molecule has 186 valence electrons. The van der Waals surface area contributed by atoms with Gasteiger partial charge in [-0.05, 0) is 42.5 Å². The quantitative estimate of drug-likeness (QED) is 0.694. The van der Waals surface area contributed by atoms with Crippen LogP contribution in [0.25, 0.3) is 0 Å². The first-order valence-electron chi connectivity index (χ1n) is 12.9. The van der Waals surface area contributed by atoms with Crippen LogP contribution in [0.3, 0.4) is 0 Å². The lowest BCUT2D eigenvalue weighted by Crippen LogP contribution is -2.52. The Morgan fingerprint density at radius 3 is 2.32 bits per heavy atom. The van der Waals surface area contributed by atoms with Gasteiger partial charge in [-0.1, -0.05) is 63.2 Å². The van der Waals surface area contributed by atoms with E-state index in [9.17, 15) is 5.11 Å². The molecule has 2 aromatic rings. The topological polar surface area (TPSA) is 39.2 Å². The molecule has 2 aliphatic rings. The summed E-state index contributed by atoms with van der Waals surface area (Å²) in [5, 5.41) is 11.0. The summed E-state index contributed by atoms with van der Waals surface area (Å²) in [7, 11) is 2.19. The number of rotatable bonds is 6. The second-order valence-electron chi connectivity index (χ2n) is 11.2. The first kappa shape index (κ1) is 25.2. The molecule has 0 unspecified atom stereocenters. The fraction of sp³-hybridized carbons (Fsp3) is 0.586. The highest BCUT2D eigenvalue weighted by molar-refractivity contribution is 5.40. The highest BCUT2D eigenvalue weighted by atomic mass is 16.5. The van der Waals surface area contributed by atoms with Crippen molar-refractivity contribution in [3.05, 3.63) is 65.2 Å². The van der Waals surface area contributed by atoms with Gasteiger partial charge in [0.15, 0.2) is 0 Å². The van der Waals surface area contributed by atoms with E-state index in [2.05, 4.69) is 85.0 Å². The van der Waals surface area contributed by atoms with E-state index in [0.717, 1.165) is 64.4 Å². The van der Waals surface area contributed by atoms with Crippen LogP contribution in [-0.2, 0) is 18.6 Å². The summed E-state index contributed by atoms with van der Waals surface area (Å²) in [6.07, 6.45) is 1.60. The van der Waals surface area contributed by atoms with Crippen molar-refractivity contribution in [1.29, 1.82) is 0 Å². The molecule has 0 spiro atoms. The van der Waals surface area contributed by atoms with Crippen molar-refractivity contribution in [1.82, 2.24) is 14.7 Å². The number of piperazine rings is 1. The molecule has 2 saturated heterocycles. The normalized spacial score (nSPS) is 23.6. The van der Waals surface area contributed by atoms with Gasteiger partial charge in [0.05, 0.1) is 6.10 Å². The Hall–Kier alpha value is -1.92. The van der Waals surface area contributed by atoms with Crippen LogP contribution >= 0.6 is 0 Å². The van der Waals surface area contributed by atoms with E-state index in [-0.39, 0.29) is 17.6 Å². The fourth-order valence-electron chi connectivity index (χ4n) is 5.15. The maximum Gasteiger partial charge on any atom is 0.124 e. The highest BCUT2D eigenvalue weighted by Gasteiger charge is 2.31. The predicted molar refractivity (Wildman–Crippen MR) is 139 cm³/mol. The summed E-state index contributed by atoms with van der Waals surface area (Å²) < 4.78 is 6.32. The molecule has 0 bridgehead atoms. The van der Waals surface area contributed by atoms with Crippen molar-refractivity contribution in [2.45, 2.75) is 64.3 Å². The van der Waals surface area contributed by atoms with Crippen molar-refractivity contribution in [3.63, 3.8) is 0 Å². The summed E-state index contributed by atoms with van der Waals surface area (Å²) in [5.74, 6) is 0.970. The molecule has 2 fully saturated rings. The van der Waals surface area contributed by atoms with E-state index < -0.39 is 0 Å². The van der Waals surface area contributed by atoms with Gasteiger partial charge in [-0.2, -0.15) is 0 Å². The average molecular weight is 466 g/mol. The molecule has 2 atom stereocenters. The largest absolute Gasteiger partial charge is 0.489 e. The van der Waals surface area contributed by atoms with Crippen LogP contribution in [0.15, 0.2) is 48.5 Å². The number of benzene rings is 2. The zero-order chi connectivity index (χ0) is 24.1. The Morgan fingerprint density at radius 2 is 1.62 bits per heavy atom. The molecule has 34 heavy (non-hydrogen) atoms. The van der Waals surface area contributed by atoms with Gasteiger partial charge in [0, 0.05) is 57.4 Å². The van der Waals surface area contributed by atoms with E-state index in [4.69, 9.17) is 4.74 Å². The van der Waals surface area contributed by atoms with Gasteiger partial charge in [-0.25, -0.2) is 0 Å². The van der Waals surface area contributed by atoms with Crippen molar-refractivity contribution in [2.75, 3.05) is 46.3 Å². The predicted octanol–water partition coefficient (Wildman–Crippen LogP) is 4.14. The molecule has 2 heterocycles. The third-order valence-electron chi connectivity index (χ3n) is 7.49. The Labute approximate surface area is 206 Å². The van der Waals surface area contributed by atoms with Crippen LogP contribution in [0.1, 0.15) is 50.3 Å². The van der Waals surface area contributed by atoms with E-state index in [1.807, 2.05) is 6.07 Å². The summed E-state index contributed by atoms with van der Waals surface area (Å²) in [5.41, 5.74) is 3.85. The first-order chi connectivity index (χ1) is 16.3. The van der Waals surface area contributed by atoms with E-state index in [1.165, 1.54) is 16.7 Å². The minimum atomic E-state index is -0.247. The number of hydrogen-bond donors (Lipinski definition) is 1. The standard InChI is InChI=1S/C29H43N3O2/c1-29(2,3)25-10-11-28(34-22-23-8-6-5-7-9-23)24(20-25)21-31-14-12-26(27(33)13-15-31)32-18-16-30(4)17-19-32/h5-11,20,26-27,33H,12-19,21-22H2,1-4H3/t26-,27-/m0/s1. The van der Waals surface area contributed by atoms with Gasteiger partial charge >= 0.3 is 0 Å². The van der Waals surface area contributed by atoms with E-state index in [0.29, 0.717) is 6.61 Å². The van der Waals surface area contributed by atoms with Gasteiger partial charge in [0.2, 0.25) is 0 Å². The summed E-state index contributed by atoms with van der Waals surface area (Å²) in [6, 6.07) is 17.3. The number of aliphatic hydroxyl groups excluding tert-OH is 1. The summed E-state index contributed by atoms with van der Waals surface area (Å²) >= 11 is 0. The van der Waals surface area contributed by atoms with E-state index in [1.54, 1.807) is 0 Å². The Bertz CT molecular complexity index is 903. The average Bonchev–Trinajstić information content (AvgIpc) is 3.00. The molecular formula is C29H43N3O2. The second kappa shape index (κ2) is 11.2. The third-order valence-corrected chi connectivity index (χ3v) is 7.49. The van der Waals surface area contributed by atoms with E-state index >= 15 is 0 Å². The lowest BCUT2D eigenvalue weighted by atomic mass is 9.86. The van der Waals surface area contributed by atoms with Crippen LogP contribution < -0.4 is 4.74 Å². The Balaban J connectivity index is 1.46. The van der Waals surface area contributed by atoms with Crippen LogP contribution in [0.5, 0.6) is 5.75 Å². The van der Waals surface area contributed by atoms with Crippen LogP contribution in [0.2, 0.25) is 0 Å². The fourth-order valence-corrected chi connectivity index (χ4v) is 5.15. The summed E-state index contributed by atoms with van der Waals surface area (Å²) in [4.78, 5) is 7.41. The minimum Gasteiger partial charge on any atom is -0.489 e.